The van der Waals surface area contributed by atoms with Gasteiger partial charge >= 0.3 is 6.09 Å². The Morgan fingerprint density at radius 1 is 1.73 bits per heavy atom. The molecule has 0 atom stereocenters. The van der Waals surface area contributed by atoms with Gasteiger partial charge in [0.15, 0.2) is 0 Å². The summed E-state index contributed by atoms with van der Waals surface area (Å²) in [6, 6.07) is 0. The Kier molecular flexibility index (Phi) is 5.10. The summed E-state index contributed by atoms with van der Waals surface area (Å²) in [6.07, 6.45) is -0.555. The largest absolute Gasteiger partial charge is 0.433 e. The zero-order valence-corrected chi connectivity index (χ0v) is 6.76. The maximum atomic E-state index is 10.6. The van der Waals surface area contributed by atoms with Gasteiger partial charge in [0.05, 0.1) is 5.71 Å². The van der Waals surface area contributed by atoms with Gasteiger partial charge in [0.1, 0.15) is 0 Å². The van der Waals surface area contributed by atoms with E-state index >= 15 is 0 Å². The summed E-state index contributed by atoms with van der Waals surface area (Å²) in [5, 5.41) is 5.86. The molecule has 0 saturated carbocycles. The molecule has 0 aromatic heterocycles. The molecule has 0 heterocycles. The highest BCUT2D eigenvalue weighted by molar-refractivity contribution is 5.83. The van der Waals surface area contributed by atoms with Gasteiger partial charge in [-0.25, -0.2) is 4.79 Å². The van der Waals surface area contributed by atoms with Crippen LogP contribution in [0, 0.1) is 0 Å². The summed E-state index contributed by atoms with van der Waals surface area (Å²) >= 11 is 0. The van der Waals surface area contributed by atoms with Gasteiger partial charge in [-0.05, 0) is 13.8 Å². The summed E-state index contributed by atoms with van der Waals surface area (Å²) in [4.78, 5) is 15.0. The van der Waals surface area contributed by atoms with Crippen molar-refractivity contribution in [1.82, 2.24) is 5.32 Å². The second kappa shape index (κ2) is 5.67. The zero-order chi connectivity index (χ0) is 8.69. The second-order valence-corrected chi connectivity index (χ2v) is 1.94. The van der Waals surface area contributed by atoms with E-state index in [-0.39, 0.29) is 0 Å². The Morgan fingerprint density at radius 2 is 2.36 bits per heavy atom. The lowest BCUT2D eigenvalue weighted by Gasteiger charge is -1.98. The van der Waals surface area contributed by atoms with Crippen LogP contribution in [0.3, 0.4) is 0 Å². The molecular weight excluding hydrogens is 146 g/mol. The van der Waals surface area contributed by atoms with Crippen molar-refractivity contribution >= 4 is 11.8 Å². The van der Waals surface area contributed by atoms with Crippen LogP contribution in [0.1, 0.15) is 13.8 Å². The molecule has 0 aromatic carbocycles. The smallest absolute Gasteiger partial charge is 0.325 e. The van der Waals surface area contributed by atoms with E-state index in [1.165, 1.54) is 0 Å². The third-order valence-corrected chi connectivity index (χ3v) is 0.901. The Hall–Kier alpha value is -1.10. The van der Waals surface area contributed by atoms with Crippen LogP contribution in [0.2, 0.25) is 0 Å². The SMILES string of the molecule is CCNC(=O)O/N=C(\C)CN. The standard InChI is InChI=1S/C6H13N3O2/c1-3-8-6(10)11-9-5(2)4-7/h3-4,7H2,1-2H3,(H,8,10)/b9-5+. The molecule has 0 rings (SSSR count). The maximum absolute atomic E-state index is 10.6. The zero-order valence-electron chi connectivity index (χ0n) is 6.76. The molecule has 0 aliphatic rings. The van der Waals surface area contributed by atoms with Crippen LogP contribution in [0.25, 0.3) is 0 Å². The summed E-state index contributed by atoms with van der Waals surface area (Å²) in [6.45, 7) is 4.29. The van der Waals surface area contributed by atoms with E-state index in [0.29, 0.717) is 18.8 Å². The molecule has 0 aliphatic heterocycles. The minimum Gasteiger partial charge on any atom is -0.325 e. The molecule has 1 amide bonds. The second-order valence-electron chi connectivity index (χ2n) is 1.94. The van der Waals surface area contributed by atoms with E-state index in [2.05, 4.69) is 15.3 Å². The Labute approximate surface area is 65.6 Å². The van der Waals surface area contributed by atoms with Crippen molar-refractivity contribution in [2.75, 3.05) is 13.1 Å². The summed E-state index contributed by atoms with van der Waals surface area (Å²) in [5.41, 5.74) is 5.77. The molecule has 5 heteroatoms. The van der Waals surface area contributed by atoms with Crippen LogP contribution < -0.4 is 11.1 Å². The molecule has 5 nitrogen and oxygen atoms in total. The molecule has 0 fully saturated rings. The van der Waals surface area contributed by atoms with Crippen LogP contribution in [0.15, 0.2) is 5.16 Å². The number of carbonyl (C=O) groups is 1. The molecule has 11 heavy (non-hydrogen) atoms. The number of hydrogen-bond acceptors (Lipinski definition) is 4. The van der Waals surface area contributed by atoms with Crippen LogP contribution in [0.5, 0.6) is 0 Å². The number of oxime groups is 1. The predicted molar refractivity (Wildman–Crippen MR) is 42.3 cm³/mol. The van der Waals surface area contributed by atoms with Gasteiger partial charge in [-0.1, -0.05) is 5.16 Å². The van der Waals surface area contributed by atoms with Crippen LogP contribution in [-0.4, -0.2) is 24.9 Å². The predicted octanol–water partition coefficient (Wildman–Crippen LogP) is 0.0671. The molecule has 0 bridgehead atoms. The van der Waals surface area contributed by atoms with Gasteiger partial charge in [-0.2, -0.15) is 0 Å². The lowest BCUT2D eigenvalue weighted by Crippen LogP contribution is -2.22. The Morgan fingerprint density at radius 3 is 2.82 bits per heavy atom. The van der Waals surface area contributed by atoms with Crippen LogP contribution in [-0.2, 0) is 4.84 Å². The lowest BCUT2D eigenvalue weighted by atomic mass is 10.4. The van der Waals surface area contributed by atoms with Crippen molar-refractivity contribution in [1.29, 1.82) is 0 Å². The summed E-state index contributed by atoms with van der Waals surface area (Å²) in [7, 11) is 0. The van der Waals surface area contributed by atoms with Gasteiger partial charge in [0, 0.05) is 13.1 Å². The summed E-state index contributed by atoms with van der Waals surface area (Å²) in [5.74, 6) is 0. The first-order chi connectivity index (χ1) is 5.20. The highest BCUT2D eigenvalue weighted by Crippen LogP contribution is 1.80. The van der Waals surface area contributed by atoms with Crippen molar-refractivity contribution in [3.63, 3.8) is 0 Å². The third-order valence-electron chi connectivity index (χ3n) is 0.901. The number of nitrogens with zero attached hydrogens (tertiary/aromatic N) is 1. The molecule has 0 aromatic rings. The Bertz CT molecular complexity index is 156. The maximum Gasteiger partial charge on any atom is 0.433 e. The number of hydrogen-bond donors (Lipinski definition) is 2. The highest BCUT2D eigenvalue weighted by Gasteiger charge is 1.96. The van der Waals surface area contributed by atoms with E-state index in [1.54, 1.807) is 13.8 Å². The first kappa shape index (κ1) is 9.90. The molecule has 0 unspecified atom stereocenters. The molecule has 64 valence electrons. The van der Waals surface area contributed by atoms with Crippen LogP contribution >= 0.6 is 0 Å². The van der Waals surface area contributed by atoms with E-state index in [4.69, 9.17) is 5.73 Å². The van der Waals surface area contributed by atoms with Crippen molar-refractivity contribution < 1.29 is 9.63 Å². The van der Waals surface area contributed by atoms with Gasteiger partial charge in [0.25, 0.3) is 0 Å². The van der Waals surface area contributed by atoms with Gasteiger partial charge in [0.2, 0.25) is 0 Å². The van der Waals surface area contributed by atoms with Crippen molar-refractivity contribution in [3.05, 3.63) is 0 Å². The molecule has 0 radical (unpaired) electrons. The summed E-state index contributed by atoms with van der Waals surface area (Å²) < 4.78 is 0. The average molecular weight is 159 g/mol. The van der Waals surface area contributed by atoms with E-state index < -0.39 is 6.09 Å². The van der Waals surface area contributed by atoms with E-state index in [1.807, 2.05) is 0 Å². The van der Waals surface area contributed by atoms with Gasteiger partial charge in [-0.3, -0.25) is 4.84 Å². The fourth-order valence-corrected chi connectivity index (χ4v) is 0.333. The lowest BCUT2D eigenvalue weighted by molar-refractivity contribution is 0.151. The third kappa shape index (κ3) is 5.35. The molecule has 0 aliphatic carbocycles. The monoisotopic (exact) mass is 159 g/mol. The number of carbonyl (C=O) groups excluding carboxylic acids is 1. The van der Waals surface area contributed by atoms with Gasteiger partial charge < -0.3 is 11.1 Å². The first-order valence-corrected chi connectivity index (χ1v) is 3.39. The highest BCUT2D eigenvalue weighted by atomic mass is 16.7. The molecule has 3 N–H and O–H groups in total. The van der Waals surface area contributed by atoms with Crippen molar-refractivity contribution in [3.8, 4) is 0 Å². The topological polar surface area (TPSA) is 76.7 Å². The normalized spacial score (nSPS) is 11.0. The van der Waals surface area contributed by atoms with Crippen LogP contribution in [0.4, 0.5) is 4.79 Å². The van der Waals surface area contributed by atoms with E-state index in [0.717, 1.165) is 0 Å². The Balaban J connectivity index is 3.60. The number of rotatable bonds is 3. The first-order valence-electron chi connectivity index (χ1n) is 3.39. The number of amides is 1. The fourth-order valence-electron chi connectivity index (χ4n) is 0.333. The fraction of sp³-hybridized carbons (Fsp3) is 0.667. The van der Waals surface area contributed by atoms with E-state index in [9.17, 15) is 4.79 Å². The number of nitrogens with two attached hydrogens (primary N) is 1. The average Bonchev–Trinajstić information content (AvgIpc) is 2.01. The quantitative estimate of drug-likeness (QED) is 0.347. The minimum atomic E-state index is -0.555. The number of nitrogens with one attached hydrogen (secondary N) is 1. The molecule has 0 saturated heterocycles. The van der Waals surface area contributed by atoms with Gasteiger partial charge in [-0.15, -0.1) is 0 Å². The molecule has 0 spiro atoms. The minimum absolute atomic E-state index is 0.291. The van der Waals surface area contributed by atoms with Crippen molar-refractivity contribution in [2.45, 2.75) is 13.8 Å². The molecular formula is C6H13N3O2. The van der Waals surface area contributed by atoms with Crippen molar-refractivity contribution in [2.24, 2.45) is 10.9 Å².